The lowest BCUT2D eigenvalue weighted by Gasteiger charge is -2.29. The molecule has 0 atom stereocenters. The van der Waals surface area contributed by atoms with E-state index in [1.54, 1.807) is 6.20 Å². The lowest BCUT2D eigenvalue weighted by atomic mass is 10.1. The summed E-state index contributed by atoms with van der Waals surface area (Å²) < 4.78 is 6.11. The highest BCUT2D eigenvalue weighted by molar-refractivity contribution is 5.93. The molecule has 0 unspecified atom stereocenters. The average molecular weight is 362 g/mol. The van der Waals surface area contributed by atoms with E-state index >= 15 is 0 Å². The molecule has 0 bridgehead atoms. The summed E-state index contributed by atoms with van der Waals surface area (Å²) in [6.07, 6.45) is 4.27. The number of nitrogen functional groups attached to an aromatic ring is 1. The standard InChI is InChI=1S/C22H26N4O/c1-26-12-9-20(10-13-26)27-19-6-2-16(3-7-19)15-25-18-5-4-17-8-11-24-22(23)21(17)14-18/h2-8,11,14,20,25H,9-10,12-13,15H2,1H3,(H2,23,24). The molecule has 3 aromatic rings. The number of rotatable bonds is 5. The Morgan fingerprint density at radius 1 is 1.11 bits per heavy atom. The van der Waals surface area contributed by atoms with Gasteiger partial charge in [-0.05, 0) is 61.2 Å². The van der Waals surface area contributed by atoms with Gasteiger partial charge < -0.3 is 20.7 Å². The van der Waals surface area contributed by atoms with E-state index < -0.39 is 0 Å². The molecule has 2 heterocycles. The summed E-state index contributed by atoms with van der Waals surface area (Å²) in [5.74, 6) is 1.52. The molecule has 0 amide bonds. The minimum atomic E-state index is 0.335. The lowest BCUT2D eigenvalue weighted by Crippen LogP contribution is -2.35. The Labute approximate surface area is 160 Å². The van der Waals surface area contributed by atoms with Crippen LogP contribution in [0.1, 0.15) is 18.4 Å². The van der Waals surface area contributed by atoms with Gasteiger partial charge in [-0.15, -0.1) is 0 Å². The summed E-state index contributed by atoms with van der Waals surface area (Å²) in [7, 11) is 2.17. The highest BCUT2D eigenvalue weighted by Crippen LogP contribution is 2.24. The van der Waals surface area contributed by atoms with Crippen LogP contribution in [0.4, 0.5) is 11.5 Å². The summed E-state index contributed by atoms with van der Waals surface area (Å²) in [5.41, 5.74) is 8.23. The molecule has 1 saturated heterocycles. The second kappa shape index (κ2) is 7.84. The van der Waals surface area contributed by atoms with Crippen molar-refractivity contribution in [1.82, 2.24) is 9.88 Å². The zero-order valence-electron chi connectivity index (χ0n) is 15.7. The number of piperidine rings is 1. The number of likely N-dealkylation sites (tertiary alicyclic amines) is 1. The predicted octanol–water partition coefficient (Wildman–Crippen LogP) is 3.90. The van der Waals surface area contributed by atoms with E-state index in [4.69, 9.17) is 10.5 Å². The quantitative estimate of drug-likeness (QED) is 0.721. The maximum atomic E-state index is 6.11. The minimum absolute atomic E-state index is 0.335. The Hall–Kier alpha value is -2.79. The maximum absolute atomic E-state index is 6.11. The van der Waals surface area contributed by atoms with Gasteiger partial charge in [-0.1, -0.05) is 18.2 Å². The van der Waals surface area contributed by atoms with Gasteiger partial charge in [0.05, 0.1) is 0 Å². The van der Waals surface area contributed by atoms with Crippen LogP contribution in [0.15, 0.2) is 54.7 Å². The summed E-state index contributed by atoms with van der Waals surface area (Å²) in [6, 6.07) is 16.5. The Morgan fingerprint density at radius 3 is 2.67 bits per heavy atom. The fourth-order valence-electron chi connectivity index (χ4n) is 3.49. The van der Waals surface area contributed by atoms with E-state index in [1.165, 1.54) is 5.56 Å². The van der Waals surface area contributed by atoms with E-state index in [-0.39, 0.29) is 0 Å². The highest BCUT2D eigenvalue weighted by Gasteiger charge is 2.17. The van der Waals surface area contributed by atoms with Crippen molar-refractivity contribution in [2.45, 2.75) is 25.5 Å². The Morgan fingerprint density at radius 2 is 1.89 bits per heavy atom. The molecule has 5 nitrogen and oxygen atoms in total. The molecule has 27 heavy (non-hydrogen) atoms. The molecule has 3 N–H and O–H groups in total. The third kappa shape index (κ3) is 4.31. The summed E-state index contributed by atoms with van der Waals surface area (Å²) in [6.45, 7) is 2.97. The summed E-state index contributed by atoms with van der Waals surface area (Å²) in [4.78, 5) is 6.51. The number of anilines is 2. The fourth-order valence-corrected chi connectivity index (χ4v) is 3.49. The molecule has 0 saturated carbocycles. The van der Waals surface area contributed by atoms with Crippen molar-refractivity contribution >= 4 is 22.3 Å². The second-order valence-electron chi connectivity index (χ2n) is 7.25. The SMILES string of the molecule is CN1CCC(Oc2ccc(CNc3ccc4ccnc(N)c4c3)cc2)CC1. The third-order valence-electron chi connectivity index (χ3n) is 5.19. The molecule has 140 valence electrons. The molecular weight excluding hydrogens is 336 g/mol. The number of nitrogens with one attached hydrogen (secondary N) is 1. The van der Waals surface area contributed by atoms with Gasteiger partial charge in [-0.3, -0.25) is 0 Å². The van der Waals surface area contributed by atoms with E-state index in [0.717, 1.165) is 54.7 Å². The van der Waals surface area contributed by atoms with Crippen LogP contribution in [0.2, 0.25) is 0 Å². The second-order valence-corrected chi connectivity index (χ2v) is 7.25. The van der Waals surface area contributed by atoms with Gasteiger partial charge in [-0.2, -0.15) is 0 Å². The van der Waals surface area contributed by atoms with E-state index in [9.17, 15) is 0 Å². The van der Waals surface area contributed by atoms with Crippen LogP contribution >= 0.6 is 0 Å². The number of fused-ring (bicyclic) bond motifs is 1. The van der Waals surface area contributed by atoms with E-state index in [2.05, 4.69) is 64.7 Å². The largest absolute Gasteiger partial charge is 0.490 e. The van der Waals surface area contributed by atoms with Crippen LogP contribution in [0, 0.1) is 0 Å². The van der Waals surface area contributed by atoms with Gasteiger partial charge in [-0.25, -0.2) is 4.98 Å². The summed E-state index contributed by atoms with van der Waals surface area (Å²) in [5, 5.41) is 5.53. The number of hydrogen-bond acceptors (Lipinski definition) is 5. The molecule has 0 radical (unpaired) electrons. The van der Waals surface area contributed by atoms with Crippen molar-refractivity contribution in [3.05, 3.63) is 60.3 Å². The highest BCUT2D eigenvalue weighted by atomic mass is 16.5. The maximum Gasteiger partial charge on any atom is 0.131 e. The van der Waals surface area contributed by atoms with Crippen LogP contribution in [0.5, 0.6) is 5.75 Å². The topological polar surface area (TPSA) is 63.4 Å². The number of benzene rings is 2. The smallest absolute Gasteiger partial charge is 0.131 e. The molecule has 1 aliphatic heterocycles. The van der Waals surface area contributed by atoms with Crippen LogP contribution < -0.4 is 15.8 Å². The first-order valence-electron chi connectivity index (χ1n) is 9.49. The van der Waals surface area contributed by atoms with Gasteiger partial charge in [0, 0.05) is 36.9 Å². The Bertz CT molecular complexity index is 902. The van der Waals surface area contributed by atoms with Crippen LogP contribution in [0.25, 0.3) is 10.8 Å². The van der Waals surface area contributed by atoms with Crippen LogP contribution in [-0.2, 0) is 6.54 Å². The molecule has 5 heteroatoms. The molecular formula is C22H26N4O. The van der Waals surface area contributed by atoms with Gasteiger partial charge in [0.25, 0.3) is 0 Å². The average Bonchev–Trinajstić information content (AvgIpc) is 2.70. The normalized spacial score (nSPS) is 15.7. The molecule has 1 aromatic heterocycles. The van der Waals surface area contributed by atoms with E-state index in [0.29, 0.717) is 11.9 Å². The Balaban J connectivity index is 1.35. The number of pyridine rings is 1. The van der Waals surface area contributed by atoms with Gasteiger partial charge >= 0.3 is 0 Å². The lowest BCUT2D eigenvalue weighted by molar-refractivity contribution is 0.114. The van der Waals surface area contributed by atoms with Crippen molar-refractivity contribution < 1.29 is 4.74 Å². The van der Waals surface area contributed by atoms with E-state index in [1.807, 2.05) is 6.07 Å². The van der Waals surface area contributed by atoms with Gasteiger partial charge in [0.1, 0.15) is 17.7 Å². The van der Waals surface area contributed by atoms with Crippen molar-refractivity contribution in [2.24, 2.45) is 0 Å². The zero-order chi connectivity index (χ0) is 18.6. The first-order valence-corrected chi connectivity index (χ1v) is 9.49. The van der Waals surface area contributed by atoms with Crippen LogP contribution in [-0.4, -0.2) is 36.1 Å². The van der Waals surface area contributed by atoms with Gasteiger partial charge in [0.2, 0.25) is 0 Å². The Kier molecular flexibility index (Phi) is 5.12. The van der Waals surface area contributed by atoms with Crippen molar-refractivity contribution in [1.29, 1.82) is 0 Å². The number of ether oxygens (including phenoxy) is 1. The molecule has 1 aliphatic rings. The molecule has 1 fully saturated rings. The fraction of sp³-hybridized carbons (Fsp3) is 0.318. The number of aromatic nitrogens is 1. The number of hydrogen-bond donors (Lipinski definition) is 2. The third-order valence-corrected chi connectivity index (χ3v) is 5.19. The first-order chi connectivity index (χ1) is 13.2. The first kappa shape index (κ1) is 17.6. The molecule has 4 rings (SSSR count). The van der Waals surface area contributed by atoms with Crippen molar-refractivity contribution in [2.75, 3.05) is 31.2 Å². The molecule has 2 aromatic carbocycles. The minimum Gasteiger partial charge on any atom is -0.490 e. The van der Waals surface area contributed by atoms with Gasteiger partial charge in [0.15, 0.2) is 0 Å². The van der Waals surface area contributed by atoms with Crippen molar-refractivity contribution in [3.8, 4) is 5.75 Å². The summed E-state index contributed by atoms with van der Waals surface area (Å²) >= 11 is 0. The monoisotopic (exact) mass is 362 g/mol. The number of nitrogens with zero attached hydrogens (tertiary/aromatic N) is 2. The van der Waals surface area contributed by atoms with Crippen LogP contribution in [0.3, 0.4) is 0 Å². The molecule has 0 spiro atoms. The predicted molar refractivity (Wildman–Crippen MR) is 111 cm³/mol. The van der Waals surface area contributed by atoms with Crippen molar-refractivity contribution in [3.63, 3.8) is 0 Å². The number of nitrogens with two attached hydrogens (primary N) is 1. The molecule has 0 aliphatic carbocycles. The zero-order valence-corrected chi connectivity index (χ0v) is 15.7.